The largest absolute Gasteiger partial charge is 0.396 e. The molecule has 2 atom stereocenters. The number of Topliss-reactive ketones (excluding diaryl/α,β-unsaturated/α-hetero) is 1. The van der Waals surface area contributed by atoms with Crippen LogP contribution in [-0.2, 0) is 0 Å². The third kappa shape index (κ3) is 2.74. The van der Waals surface area contributed by atoms with E-state index < -0.39 is 0 Å². The molecule has 0 bridgehead atoms. The Hall–Kier alpha value is -1.32. The van der Waals surface area contributed by atoms with Crippen LogP contribution in [0.15, 0.2) is 30.4 Å². The molecule has 18 heavy (non-hydrogen) atoms. The quantitative estimate of drug-likeness (QED) is 0.650. The van der Waals surface area contributed by atoms with E-state index in [0.717, 1.165) is 12.1 Å². The Morgan fingerprint density at radius 1 is 1.50 bits per heavy atom. The highest BCUT2D eigenvalue weighted by Crippen LogP contribution is 2.28. The average molecular weight is 266 g/mol. The molecule has 2 N–H and O–H groups in total. The molecule has 0 amide bonds. The molecule has 96 valence electrons. The predicted molar refractivity (Wildman–Crippen MR) is 73.2 cm³/mol. The zero-order chi connectivity index (χ0) is 13.1. The minimum absolute atomic E-state index is 0.0521. The van der Waals surface area contributed by atoms with Gasteiger partial charge < -0.3 is 10.4 Å². The summed E-state index contributed by atoms with van der Waals surface area (Å²) in [5.41, 5.74) is 1.28. The molecule has 0 spiro atoms. The molecule has 2 rings (SSSR count). The summed E-state index contributed by atoms with van der Waals surface area (Å²) >= 11 is 6.05. The fourth-order valence-corrected chi connectivity index (χ4v) is 2.53. The molecule has 1 aliphatic rings. The van der Waals surface area contributed by atoms with Crippen LogP contribution >= 0.6 is 11.6 Å². The van der Waals surface area contributed by atoms with Gasteiger partial charge in [-0.3, -0.25) is 4.79 Å². The van der Waals surface area contributed by atoms with Crippen LogP contribution in [-0.4, -0.2) is 23.5 Å². The fourth-order valence-electron chi connectivity index (χ4n) is 2.22. The van der Waals surface area contributed by atoms with Crippen molar-refractivity contribution >= 4 is 23.1 Å². The summed E-state index contributed by atoms with van der Waals surface area (Å²) in [5, 5.41) is 12.8. The second kappa shape index (κ2) is 5.55. The van der Waals surface area contributed by atoms with Crippen LogP contribution in [0.3, 0.4) is 0 Å². The first-order valence-corrected chi connectivity index (χ1v) is 6.34. The number of rotatable bonds is 4. The maximum Gasteiger partial charge on any atom is 0.163 e. The van der Waals surface area contributed by atoms with E-state index in [9.17, 15) is 4.79 Å². The summed E-state index contributed by atoms with van der Waals surface area (Å²) in [4.78, 5) is 11.6. The maximum atomic E-state index is 11.6. The van der Waals surface area contributed by atoms with Crippen LogP contribution in [0.2, 0.25) is 5.02 Å². The monoisotopic (exact) mass is 265 g/mol. The van der Waals surface area contributed by atoms with Crippen molar-refractivity contribution in [3.8, 4) is 0 Å². The van der Waals surface area contributed by atoms with E-state index in [2.05, 4.69) is 5.32 Å². The number of carbonyl (C=O) groups excluding carboxylic acids is 1. The van der Waals surface area contributed by atoms with Gasteiger partial charge in [0.1, 0.15) is 0 Å². The van der Waals surface area contributed by atoms with Crippen molar-refractivity contribution in [2.24, 2.45) is 5.92 Å². The van der Waals surface area contributed by atoms with Crippen molar-refractivity contribution in [3.05, 3.63) is 40.9 Å². The van der Waals surface area contributed by atoms with Crippen LogP contribution in [0, 0.1) is 5.92 Å². The summed E-state index contributed by atoms with van der Waals surface area (Å²) in [6.07, 6.45) is 4.85. The Balaban J connectivity index is 2.18. The average Bonchev–Trinajstić information content (AvgIpc) is 2.76. The third-order valence-electron chi connectivity index (χ3n) is 3.11. The number of hydrogen-bond donors (Lipinski definition) is 2. The first-order chi connectivity index (χ1) is 8.61. The molecule has 0 fully saturated rings. The molecule has 0 unspecified atom stereocenters. The highest BCUT2D eigenvalue weighted by molar-refractivity contribution is 6.34. The van der Waals surface area contributed by atoms with Gasteiger partial charge in [-0.1, -0.05) is 29.8 Å². The van der Waals surface area contributed by atoms with Crippen molar-refractivity contribution in [1.29, 1.82) is 0 Å². The van der Waals surface area contributed by atoms with Crippen LogP contribution < -0.4 is 5.32 Å². The van der Waals surface area contributed by atoms with Crippen molar-refractivity contribution in [2.75, 3.05) is 11.9 Å². The summed E-state index contributed by atoms with van der Waals surface area (Å²) in [5.74, 6) is 0.145. The molecule has 0 heterocycles. The number of nitrogens with one attached hydrogen (secondary N) is 1. The Morgan fingerprint density at radius 2 is 2.28 bits per heavy atom. The molecular weight excluding hydrogens is 250 g/mol. The van der Waals surface area contributed by atoms with Gasteiger partial charge in [0.15, 0.2) is 5.78 Å². The Labute approximate surface area is 111 Å². The van der Waals surface area contributed by atoms with Gasteiger partial charge in [0.25, 0.3) is 0 Å². The highest BCUT2D eigenvalue weighted by atomic mass is 35.5. The number of carbonyl (C=O) groups is 1. The van der Waals surface area contributed by atoms with Gasteiger partial charge in [-0.15, -0.1) is 0 Å². The Bertz CT molecular complexity index is 485. The van der Waals surface area contributed by atoms with E-state index in [-0.39, 0.29) is 24.3 Å². The number of anilines is 1. The van der Waals surface area contributed by atoms with Gasteiger partial charge in [-0.05, 0) is 25.5 Å². The van der Waals surface area contributed by atoms with Gasteiger partial charge in [0.05, 0.1) is 10.6 Å². The van der Waals surface area contributed by atoms with Gasteiger partial charge in [-0.2, -0.15) is 0 Å². The van der Waals surface area contributed by atoms with E-state index in [1.165, 1.54) is 6.92 Å². The molecule has 0 aromatic heterocycles. The second-order valence-corrected chi connectivity index (χ2v) is 4.94. The van der Waals surface area contributed by atoms with Crippen molar-refractivity contribution in [2.45, 2.75) is 19.4 Å². The zero-order valence-electron chi connectivity index (χ0n) is 10.2. The van der Waals surface area contributed by atoms with Gasteiger partial charge in [0.2, 0.25) is 0 Å². The minimum atomic E-state index is -0.0521. The molecule has 0 saturated heterocycles. The smallest absolute Gasteiger partial charge is 0.163 e. The molecule has 0 saturated carbocycles. The van der Waals surface area contributed by atoms with Crippen molar-refractivity contribution < 1.29 is 9.90 Å². The maximum absolute atomic E-state index is 11.6. The van der Waals surface area contributed by atoms with Crippen LogP contribution in [0.1, 0.15) is 23.7 Å². The highest BCUT2D eigenvalue weighted by Gasteiger charge is 2.20. The third-order valence-corrected chi connectivity index (χ3v) is 3.43. The Kier molecular flexibility index (Phi) is 4.04. The number of benzene rings is 1. The molecule has 3 nitrogen and oxygen atoms in total. The predicted octanol–water partition coefficient (Wildman–Crippen LogP) is 2.89. The fraction of sp³-hybridized carbons (Fsp3) is 0.357. The summed E-state index contributed by atoms with van der Waals surface area (Å²) in [6, 6.07) is 5.52. The number of aliphatic hydroxyl groups excluding tert-OH is 1. The van der Waals surface area contributed by atoms with E-state index in [1.54, 1.807) is 6.07 Å². The van der Waals surface area contributed by atoms with E-state index >= 15 is 0 Å². The molecule has 0 aliphatic heterocycles. The zero-order valence-corrected chi connectivity index (χ0v) is 10.9. The summed E-state index contributed by atoms with van der Waals surface area (Å²) in [7, 11) is 0. The lowest BCUT2D eigenvalue weighted by Crippen LogP contribution is -2.18. The SMILES string of the molecule is CC(=O)c1c(Cl)cccc1N[C@@H]1C=C[C@H](CO)C1. The van der Waals surface area contributed by atoms with E-state index in [1.807, 2.05) is 24.3 Å². The molecular formula is C14H16ClNO2. The molecule has 1 aromatic carbocycles. The number of ketones is 1. The van der Waals surface area contributed by atoms with Crippen LogP contribution in [0.5, 0.6) is 0 Å². The molecule has 4 heteroatoms. The number of hydrogen-bond acceptors (Lipinski definition) is 3. The summed E-state index contributed by atoms with van der Waals surface area (Å²) < 4.78 is 0. The topological polar surface area (TPSA) is 49.3 Å². The number of aliphatic hydroxyl groups is 1. The lowest BCUT2D eigenvalue weighted by atomic mass is 10.1. The lowest BCUT2D eigenvalue weighted by molar-refractivity contribution is 0.101. The molecule has 0 radical (unpaired) electrons. The standard InChI is InChI=1S/C14H16ClNO2/c1-9(18)14-12(15)3-2-4-13(14)16-11-6-5-10(7-11)8-17/h2-6,10-11,16-17H,7-8H2,1H3/t10-,11+/m0/s1. The second-order valence-electron chi connectivity index (χ2n) is 4.53. The van der Waals surface area contributed by atoms with E-state index in [4.69, 9.17) is 16.7 Å². The lowest BCUT2D eigenvalue weighted by Gasteiger charge is -2.17. The van der Waals surface area contributed by atoms with Crippen molar-refractivity contribution in [3.63, 3.8) is 0 Å². The van der Waals surface area contributed by atoms with Crippen LogP contribution in [0.4, 0.5) is 5.69 Å². The minimum Gasteiger partial charge on any atom is -0.396 e. The van der Waals surface area contributed by atoms with Crippen LogP contribution in [0.25, 0.3) is 0 Å². The van der Waals surface area contributed by atoms with Gasteiger partial charge in [0, 0.05) is 24.3 Å². The normalized spacial score (nSPS) is 22.2. The van der Waals surface area contributed by atoms with Crippen molar-refractivity contribution in [1.82, 2.24) is 0 Å². The summed E-state index contributed by atoms with van der Waals surface area (Å²) in [6.45, 7) is 1.66. The number of halogens is 1. The van der Waals surface area contributed by atoms with Gasteiger partial charge in [-0.25, -0.2) is 0 Å². The first-order valence-electron chi connectivity index (χ1n) is 5.97. The first kappa shape index (κ1) is 13.1. The molecule has 1 aromatic rings. The Morgan fingerprint density at radius 3 is 2.89 bits per heavy atom. The van der Waals surface area contributed by atoms with E-state index in [0.29, 0.717) is 10.6 Å². The molecule has 1 aliphatic carbocycles. The van der Waals surface area contributed by atoms with Gasteiger partial charge >= 0.3 is 0 Å².